The zero-order chi connectivity index (χ0) is 21.1. The zero-order valence-electron chi connectivity index (χ0n) is 17.3. The van der Waals surface area contributed by atoms with E-state index < -0.39 is 5.97 Å². The van der Waals surface area contributed by atoms with Gasteiger partial charge in [0.05, 0.1) is 12.7 Å². The number of thiocarbonyl (C=S) groups is 1. The quantitative estimate of drug-likeness (QED) is 0.318. The predicted molar refractivity (Wildman–Crippen MR) is 124 cm³/mol. The minimum atomic E-state index is -0.412. The van der Waals surface area contributed by atoms with Gasteiger partial charge in [0.2, 0.25) is 0 Å². The van der Waals surface area contributed by atoms with Crippen LogP contribution in [0.4, 0.5) is 0 Å². The summed E-state index contributed by atoms with van der Waals surface area (Å²) in [5, 5.41) is 1.86. The van der Waals surface area contributed by atoms with Gasteiger partial charge in [0.1, 0.15) is 4.99 Å². The van der Waals surface area contributed by atoms with Gasteiger partial charge >= 0.3 is 5.97 Å². The van der Waals surface area contributed by atoms with E-state index in [0.29, 0.717) is 17.1 Å². The van der Waals surface area contributed by atoms with Crippen molar-refractivity contribution >= 4 is 33.9 Å². The van der Waals surface area contributed by atoms with E-state index >= 15 is 0 Å². The number of piperidine rings is 1. The number of hydrogen-bond acceptors (Lipinski definition) is 4. The van der Waals surface area contributed by atoms with Crippen molar-refractivity contribution in [3.8, 4) is 11.5 Å². The molecule has 5 heteroatoms. The number of carbonyl (C=O) groups excluding carboxylic acids is 1. The summed E-state index contributed by atoms with van der Waals surface area (Å²) in [6.45, 7) is 4.22. The van der Waals surface area contributed by atoms with Crippen LogP contribution in [-0.2, 0) is 0 Å². The highest BCUT2D eigenvalue weighted by Gasteiger charge is 2.21. The van der Waals surface area contributed by atoms with E-state index in [4.69, 9.17) is 21.7 Å². The molecule has 0 saturated carbocycles. The van der Waals surface area contributed by atoms with Crippen LogP contribution >= 0.6 is 12.2 Å². The molecule has 4 nitrogen and oxygen atoms in total. The van der Waals surface area contributed by atoms with Crippen molar-refractivity contribution in [2.24, 2.45) is 5.92 Å². The van der Waals surface area contributed by atoms with Gasteiger partial charge in [-0.1, -0.05) is 55.5 Å². The zero-order valence-corrected chi connectivity index (χ0v) is 18.1. The number of fused-ring (bicyclic) bond motifs is 1. The number of likely N-dealkylation sites (tertiary alicyclic amines) is 1. The molecule has 154 valence electrons. The third-order valence-corrected chi connectivity index (χ3v) is 6.19. The number of nitrogens with zero attached hydrogens (tertiary/aromatic N) is 1. The molecule has 30 heavy (non-hydrogen) atoms. The fraction of sp³-hybridized carbons (Fsp3) is 0.280. The molecule has 3 aromatic carbocycles. The van der Waals surface area contributed by atoms with Gasteiger partial charge in [-0.3, -0.25) is 0 Å². The summed E-state index contributed by atoms with van der Waals surface area (Å²) in [7, 11) is 1.57. The predicted octanol–water partition coefficient (Wildman–Crippen LogP) is 5.48. The molecule has 3 aromatic rings. The highest BCUT2D eigenvalue weighted by atomic mass is 32.1. The van der Waals surface area contributed by atoms with Crippen molar-refractivity contribution in [1.29, 1.82) is 0 Å². The van der Waals surface area contributed by atoms with E-state index in [1.54, 1.807) is 19.2 Å². The van der Waals surface area contributed by atoms with Gasteiger partial charge in [0.25, 0.3) is 0 Å². The van der Waals surface area contributed by atoms with Gasteiger partial charge in [0.15, 0.2) is 11.5 Å². The molecule has 1 aliphatic heterocycles. The molecule has 0 amide bonds. The third-order valence-electron chi connectivity index (χ3n) is 5.69. The van der Waals surface area contributed by atoms with E-state index in [-0.39, 0.29) is 0 Å². The average molecular weight is 420 g/mol. The minimum absolute atomic E-state index is 0.384. The van der Waals surface area contributed by atoms with Crippen LogP contribution < -0.4 is 9.47 Å². The number of esters is 1. The number of methoxy groups -OCH3 is 1. The van der Waals surface area contributed by atoms with Gasteiger partial charge in [0, 0.05) is 18.7 Å². The summed E-state index contributed by atoms with van der Waals surface area (Å²) in [6.07, 6.45) is 2.30. The number of rotatable bonds is 4. The number of benzene rings is 3. The molecule has 1 saturated heterocycles. The van der Waals surface area contributed by atoms with E-state index in [1.165, 1.54) is 0 Å². The average Bonchev–Trinajstić information content (AvgIpc) is 2.79. The van der Waals surface area contributed by atoms with Crippen LogP contribution in [0.2, 0.25) is 0 Å². The topological polar surface area (TPSA) is 38.8 Å². The van der Waals surface area contributed by atoms with Crippen LogP contribution in [0, 0.1) is 5.92 Å². The molecular weight excluding hydrogens is 394 g/mol. The SMILES string of the molecule is COc1cc(C(=S)N2CCC(C)CC2)ccc1OC(=O)c1cccc2ccccc12. The third kappa shape index (κ3) is 4.17. The second kappa shape index (κ2) is 8.84. The molecule has 4 rings (SSSR count). The first-order valence-electron chi connectivity index (χ1n) is 10.2. The normalized spacial score (nSPS) is 14.5. The molecule has 0 atom stereocenters. The maximum Gasteiger partial charge on any atom is 0.344 e. The molecule has 0 N–H and O–H groups in total. The molecule has 1 heterocycles. The number of ether oxygens (including phenoxy) is 2. The molecular formula is C25H25NO3S. The van der Waals surface area contributed by atoms with Gasteiger partial charge in [-0.05, 0) is 53.8 Å². The summed E-state index contributed by atoms with van der Waals surface area (Å²) >= 11 is 5.71. The second-order valence-electron chi connectivity index (χ2n) is 7.76. The van der Waals surface area contributed by atoms with Crippen molar-refractivity contribution in [3.05, 3.63) is 71.8 Å². The first kappa shape index (κ1) is 20.4. The Bertz CT molecular complexity index is 1080. The number of hydrogen-bond donors (Lipinski definition) is 0. The Morgan fingerprint density at radius 2 is 1.73 bits per heavy atom. The van der Waals surface area contributed by atoms with E-state index in [0.717, 1.165) is 53.2 Å². The first-order valence-corrected chi connectivity index (χ1v) is 10.6. The minimum Gasteiger partial charge on any atom is -0.493 e. The van der Waals surface area contributed by atoms with Crippen molar-refractivity contribution in [3.63, 3.8) is 0 Å². The Balaban J connectivity index is 1.56. The second-order valence-corrected chi connectivity index (χ2v) is 8.14. The Morgan fingerprint density at radius 1 is 1.00 bits per heavy atom. The molecule has 0 bridgehead atoms. The monoisotopic (exact) mass is 419 g/mol. The first-order chi connectivity index (χ1) is 14.6. The lowest BCUT2D eigenvalue weighted by Gasteiger charge is -2.32. The summed E-state index contributed by atoms with van der Waals surface area (Å²) in [5.74, 6) is 1.21. The van der Waals surface area contributed by atoms with E-state index in [9.17, 15) is 4.79 Å². The Kier molecular flexibility index (Phi) is 6.00. The molecule has 0 aliphatic carbocycles. The Hall–Kier alpha value is -2.92. The molecule has 0 spiro atoms. The van der Waals surface area contributed by atoms with Gasteiger partial charge in [-0.2, -0.15) is 0 Å². The summed E-state index contributed by atoms with van der Waals surface area (Å²) in [5.41, 5.74) is 1.43. The van der Waals surface area contributed by atoms with Gasteiger partial charge < -0.3 is 14.4 Å². The Labute approximate surface area is 182 Å². The molecule has 0 radical (unpaired) electrons. The fourth-order valence-electron chi connectivity index (χ4n) is 3.84. The molecule has 0 unspecified atom stereocenters. The van der Waals surface area contributed by atoms with Gasteiger partial charge in [-0.15, -0.1) is 0 Å². The smallest absolute Gasteiger partial charge is 0.344 e. The number of carbonyl (C=O) groups is 1. The summed E-state index contributed by atoms with van der Waals surface area (Å²) in [6, 6.07) is 18.9. The fourth-order valence-corrected chi connectivity index (χ4v) is 4.15. The van der Waals surface area contributed by atoms with Crippen LogP contribution in [0.5, 0.6) is 11.5 Å². The van der Waals surface area contributed by atoms with Crippen LogP contribution in [0.1, 0.15) is 35.7 Å². The van der Waals surface area contributed by atoms with E-state index in [1.807, 2.05) is 48.5 Å². The van der Waals surface area contributed by atoms with Crippen LogP contribution in [0.3, 0.4) is 0 Å². The Morgan fingerprint density at radius 3 is 2.50 bits per heavy atom. The van der Waals surface area contributed by atoms with E-state index in [2.05, 4.69) is 11.8 Å². The maximum atomic E-state index is 12.9. The lowest BCUT2D eigenvalue weighted by Crippen LogP contribution is -2.37. The van der Waals surface area contributed by atoms with Crippen LogP contribution in [0.25, 0.3) is 10.8 Å². The summed E-state index contributed by atoms with van der Waals surface area (Å²) < 4.78 is 11.2. The lowest BCUT2D eigenvalue weighted by atomic mass is 9.99. The van der Waals surface area contributed by atoms with Crippen molar-refractivity contribution in [1.82, 2.24) is 4.90 Å². The largest absolute Gasteiger partial charge is 0.493 e. The van der Waals surface area contributed by atoms with Crippen molar-refractivity contribution < 1.29 is 14.3 Å². The van der Waals surface area contributed by atoms with Crippen molar-refractivity contribution in [2.45, 2.75) is 19.8 Å². The summed E-state index contributed by atoms with van der Waals surface area (Å²) in [4.78, 5) is 15.9. The molecule has 1 aliphatic rings. The molecule has 0 aromatic heterocycles. The standard InChI is InChI=1S/C25H25NO3S/c1-17-12-14-26(15-13-17)24(30)19-10-11-22(23(16-19)28-2)29-25(27)21-9-5-7-18-6-3-4-8-20(18)21/h3-11,16-17H,12-15H2,1-2H3. The highest BCUT2D eigenvalue weighted by Crippen LogP contribution is 2.31. The van der Waals surface area contributed by atoms with Crippen LogP contribution in [0.15, 0.2) is 60.7 Å². The van der Waals surface area contributed by atoms with Crippen molar-refractivity contribution in [2.75, 3.05) is 20.2 Å². The maximum absolute atomic E-state index is 12.9. The van der Waals surface area contributed by atoms with Crippen LogP contribution in [-0.4, -0.2) is 36.1 Å². The highest BCUT2D eigenvalue weighted by molar-refractivity contribution is 7.80. The molecule has 1 fully saturated rings. The van der Waals surface area contributed by atoms with Gasteiger partial charge in [-0.25, -0.2) is 4.79 Å². The lowest BCUT2D eigenvalue weighted by molar-refractivity contribution is 0.0732.